The summed E-state index contributed by atoms with van der Waals surface area (Å²) >= 11 is 0. The molecule has 0 radical (unpaired) electrons. The highest BCUT2D eigenvalue weighted by atomic mass is 19.3. The van der Waals surface area contributed by atoms with Crippen molar-refractivity contribution in [2.45, 2.75) is 19.4 Å². The fraction of sp³-hybridized carbons (Fsp3) is 0.357. The van der Waals surface area contributed by atoms with Gasteiger partial charge in [0.1, 0.15) is 0 Å². The third-order valence-electron chi connectivity index (χ3n) is 3.36. The first-order valence-electron chi connectivity index (χ1n) is 6.92. The van der Waals surface area contributed by atoms with E-state index < -0.39 is 36.0 Å². The Labute approximate surface area is 129 Å². The summed E-state index contributed by atoms with van der Waals surface area (Å²) in [5, 5.41) is 2.08. The number of alkyl halides is 2. The molecule has 0 aliphatic rings. The van der Waals surface area contributed by atoms with Crippen LogP contribution in [0.3, 0.4) is 0 Å². The molecule has 0 aliphatic carbocycles. The van der Waals surface area contributed by atoms with Crippen molar-refractivity contribution in [1.82, 2.24) is 14.9 Å². The van der Waals surface area contributed by atoms with Crippen LogP contribution in [0.15, 0.2) is 27.8 Å². The van der Waals surface area contributed by atoms with E-state index in [0.717, 1.165) is 0 Å². The Morgan fingerprint density at radius 3 is 2.70 bits per heavy atom. The van der Waals surface area contributed by atoms with Crippen molar-refractivity contribution in [2.75, 3.05) is 13.1 Å². The largest absolute Gasteiger partial charge is 0.346 e. The van der Waals surface area contributed by atoms with E-state index in [-0.39, 0.29) is 17.6 Å². The number of aromatic nitrogens is 2. The maximum absolute atomic E-state index is 13.1. The topological polar surface area (TPSA) is 110 Å². The van der Waals surface area contributed by atoms with Crippen molar-refractivity contribution in [3.05, 3.63) is 44.5 Å². The highest BCUT2D eigenvalue weighted by molar-refractivity contribution is 5.97. The first-order chi connectivity index (χ1) is 10.8. The number of nitrogens with two attached hydrogens (primary N) is 1. The zero-order valence-corrected chi connectivity index (χ0v) is 12.4. The fourth-order valence-corrected chi connectivity index (χ4v) is 2.12. The van der Waals surface area contributed by atoms with E-state index in [9.17, 15) is 23.2 Å². The van der Waals surface area contributed by atoms with Crippen molar-refractivity contribution in [1.29, 1.82) is 0 Å². The van der Waals surface area contributed by atoms with Crippen molar-refractivity contribution in [2.24, 2.45) is 5.73 Å². The lowest BCUT2D eigenvalue weighted by Gasteiger charge is -2.14. The summed E-state index contributed by atoms with van der Waals surface area (Å²) in [7, 11) is 0. The third-order valence-corrected chi connectivity index (χ3v) is 3.36. The molecule has 2 aromatic rings. The highest BCUT2D eigenvalue weighted by Gasteiger charge is 2.27. The van der Waals surface area contributed by atoms with E-state index in [4.69, 9.17) is 5.73 Å². The normalized spacial score (nSPS) is 11.7. The van der Waals surface area contributed by atoms with E-state index in [1.807, 2.05) is 0 Å². The number of fused-ring (bicyclic) bond motifs is 1. The molecule has 2 rings (SSSR count). The zero-order chi connectivity index (χ0) is 17.2. The van der Waals surface area contributed by atoms with Gasteiger partial charge in [0.25, 0.3) is 11.8 Å². The average molecular weight is 326 g/mol. The van der Waals surface area contributed by atoms with Crippen molar-refractivity contribution >= 4 is 16.9 Å². The molecule has 0 bridgehead atoms. The van der Waals surface area contributed by atoms with Crippen LogP contribution in [0.4, 0.5) is 8.78 Å². The molecule has 124 valence electrons. The van der Waals surface area contributed by atoms with Gasteiger partial charge in [0, 0.05) is 12.1 Å². The van der Waals surface area contributed by atoms with E-state index in [0.29, 0.717) is 5.52 Å². The quantitative estimate of drug-likeness (QED) is 0.674. The van der Waals surface area contributed by atoms with Gasteiger partial charge in [0.05, 0.1) is 24.1 Å². The van der Waals surface area contributed by atoms with Crippen molar-refractivity contribution in [3.8, 4) is 0 Å². The number of benzene rings is 1. The van der Waals surface area contributed by atoms with Crippen LogP contribution in [0.5, 0.6) is 0 Å². The minimum absolute atomic E-state index is 0.0854. The third kappa shape index (κ3) is 3.45. The number of aryl methyl sites for hydroxylation is 1. The zero-order valence-electron chi connectivity index (χ0n) is 12.4. The number of aromatic amines is 1. The molecular formula is C14H16F2N4O3. The van der Waals surface area contributed by atoms with Gasteiger partial charge in [-0.05, 0) is 25.1 Å². The predicted molar refractivity (Wildman–Crippen MR) is 80.8 cm³/mol. The summed E-state index contributed by atoms with van der Waals surface area (Å²) in [6.45, 7) is 0.232. The van der Waals surface area contributed by atoms with Crippen molar-refractivity contribution in [3.63, 3.8) is 0 Å². The van der Waals surface area contributed by atoms with Gasteiger partial charge in [0.2, 0.25) is 0 Å². The minimum Gasteiger partial charge on any atom is -0.346 e. The molecule has 1 aromatic carbocycles. The molecule has 0 saturated heterocycles. The van der Waals surface area contributed by atoms with Gasteiger partial charge in [-0.25, -0.2) is 8.78 Å². The molecule has 0 atom stereocenters. The Morgan fingerprint density at radius 2 is 2.09 bits per heavy atom. The van der Waals surface area contributed by atoms with Gasteiger partial charge < -0.3 is 20.6 Å². The number of rotatable bonds is 5. The highest BCUT2D eigenvalue weighted by Crippen LogP contribution is 2.13. The molecule has 0 spiro atoms. The molecule has 23 heavy (non-hydrogen) atoms. The van der Waals surface area contributed by atoms with Crippen LogP contribution >= 0.6 is 0 Å². The number of halogens is 2. The molecule has 1 aromatic heterocycles. The molecular weight excluding hydrogens is 310 g/mol. The first kappa shape index (κ1) is 16.8. The van der Waals surface area contributed by atoms with Gasteiger partial charge in [0.15, 0.2) is 0 Å². The molecule has 0 fully saturated rings. The lowest BCUT2D eigenvalue weighted by molar-refractivity contribution is 0.0118. The lowest BCUT2D eigenvalue weighted by atomic mass is 10.1. The van der Waals surface area contributed by atoms with Crippen LogP contribution in [0.2, 0.25) is 0 Å². The molecule has 1 heterocycles. The number of nitrogens with zero attached hydrogens (tertiary/aromatic N) is 1. The Kier molecular flexibility index (Phi) is 4.60. The maximum atomic E-state index is 13.1. The summed E-state index contributed by atoms with van der Waals surface area (Å²) in [6, 6.07) is 4.20. The van der Waals surface area contributed by atoms with E-state index >= 15 is 0 Å². The van der Waals surface area contributed by atoms with E-state index in [1.165, 1.54) is 22.8 Å². The van der Waals surface area contributed by atoms with Crippen molar-refractivity contribution < 1.29 is 13.6 Å². The summed E-state index contributed by atoms with van der Waals surface area (Å²) in [6.07, 6.45) is 0. The number of H-pyrrole nitrogens is 1. The second kappa shape index (κ2) is 6.29. The Bertz CT molecular complexity index is 857. The SMILES string of the molecule is CCn1c(=O)c(=O)[nH]c2cc(C(=O)NCC(F)(F)CN)ccc21. The van der Waals surface area contributed by atoms with Gasteiger partial charge in [-0.3, -0.25) is 14.4 Å². The number of carbonyl (C=O) groups excluding carboxylic acids is 1. The Balaban J connectivity index is 2.37. The number of hydrogen-bond donors (Lipinski definition) is 3. The van der Waals surface area contributed by atoms with E-state index in [2.05, 4.69) is 10.3 Å². The average Bonchev–Trinajstić information content (AvgIpc) is 2.53. The smallest absolute Gasteiger partial charge is 0.316 e. The fourth-order valence-electron chi connectivity index (χ4n) is 2.12. The van der Waals surface area contributed by atoms with Gasteiger partial charge >= 0.3 is 11.1 Å². The molecule has 0 aliphatic heterocycles. The van der Waals surface area contributed by atoms with Crippen LogP contribution in [-0.4, -0.2) is 34.5 Å². The molecule has 4 N–H and O–H groups in total. The Morgan fingerprint density at radius 1 is 1.39 bits per heavy atom. The van der Waals surface area contributed by atoms with Crippen LogP contribution in [-0.2, 0) is 6.54 Å². The number of amides is 1. The Hall–Kier alpha value is -2.55. The molecule has 1 amide bonds. The standard InChI is InChI=1S/C14H16F2N4O3/c1-2-20-10-4-3-8(5-9(10)19-12(22)13(20)23)11(21)18-7-14(15,16)6-17/h3-5H,2,6-7,17H2,1H3,(H,18,21)(H,19,22). The number of hydrogen-bond acceptors (Lipinski definition) is 4. The van der Waals surface area contributed by atoms with Gasteiger partial charge in [-0.1, -0.05) is 0 Å². The summed E-state index contributed by atoms with van der Waals surface area (Å²) in [4.78, 5) is 37.6. The summed E-state index contributed by atoms with van der Waals surface area (Å²) < 4.78 is 27.4. The van der Waals surface area contributed by atoms with E-state index in [1.54, 1.807) is 6.92 Å². The lowest BCUT2D eigenvalue weighted by Crippen LogP contribution is -2.41. The second-order valence-corrected chi connectivity index (χ2v) is 4.98. The molecule has 0 saturated carbocycles. The van der Waals surface area contributed by atoms with Crippen LogP contribution in [0.1, 0.15) is 17.3 Å². The van der Waals surface area contributed by atoms with Gasteiger partial charge in [-0.15, -0.1) is 0 Å². The van der Waals surface area contributed by atoms with Crippen LogP contribution in [0.25, 0.3) is 11.0 Å². The second-order valence-electron chi connectivity index (χ2n) is 4.98. The van der Waals surface area contributed by atoms with Crippen LogP contribution < -0.4 is 22.2 Å². The van der Waals surface area contributed by atoms with Gasteiger partial charge in [-0.2, -0.15) is 0 Å². The predicted octanol–water partition coefficient (Wildman–Crippen LogP) is 0.0335. The molecule has 7 nitrogen and oxygen atoms in total. The minimum atomic E-state index is -3.19. The molecule has 0 unspecified atom stereocenters. The number of nitrogens with one attached hydrogen (secondary N) is 2. The maximum Gasteiger partial charge on any atom is 0.316 e. The number of carbonyl (C=O) groups is 1. The summed E-state index contributed by atoms with van der Waals surface area (Å²) in [5.74, 6) is -3.92. The monoisotopic (exact) mass is 326 g/mol. The van der Waals surface area contributed by atoms with Crippen LogP contribution in [0, 0.1) is 0 Å². The summed E-state index contributed by atoms with van der Waals surface area (Å²) in [5.41, 5.74) is 4.19. The first-order valence-corrected chi connectivity index (χ1v) is 6.92. The molecule has 9 heteroatoms.